The fourth-order valence-corrected chi connectivity index (χ4v) is 7.41. The van der Waals surface area contributed by atoms with E-state index in [1.54, 1.807) is 24.3 Å². The molecule has 6 rings (SSSR count). The van der Waals surface area contributed by atoms with E-state index in [0.29, 0.717) is 22.6 Å². The summed E-state index contributed by atoms with van der Waals surface area (Å²) in [5, 5.41) is 47.9. The molecule has 13 nitrogen and oxygen atoms in total. The molecule has 0 bridgehead atoms. The Kier molecular flexibility index (Phi) is 10.3. The highest BCUT2D eigenvalue weighted by molar-refractivity contribution is 7.80. The maximum absolute atomic E-state index is 13.9. The molecular weight excluding hydrogens is 658 g/mol. The van der Waals surface area contributed by atoms with Crippen LogP contribution in [0.3, 0.4) is 0 Å². The molecule has 3 aromatic rings. The van der Waals surface area contributed by atoms with E-state index in [9.17, 15) is 25.2 Å². The predicted octanol–water partition coefficient (Wildman–Crippen LogP) is 1.45. The molecule has 2 fully saturated rings. The maximum Gasteiger partial charge on any atom is 0.251 e. The van der Waals surface area contributed by atoms with Crippen LogP contribution < -0.4 is 24.3 Å². The quantitative estimate of drug-likeness (QED) is 0.151. The fourth-order valence-electron chi connectivity index (χ4n) is 7.30. The molecule has 2 heterocycles. The maximum atomic E-state index is 13.9. The third-order valence-corrected chi connectivity index (χ3v) is 9.71. The Hall–Kier alpha value is -3.60. The minimum atomic E-state index is -2.24. The first-order valence-electron chi connectivity index (χ1n) is 15.8. The summed E-state index contributed by atoms with van der Waals surface area (Å²) >= 11 is 4.24. The molecule has 49 heavy (non-hydrogen) atoms. The molecule has 3 aromatic carbocycles. The Morgan fingerprint density at radius 1 is 1.04 bits per heavy atom. The van der Waals surface area contributed by atoms with Crippen molar-refractivity contribution in [3.63, 3.8) is 0 Å². The monoisotopic (exact) mass is 699 g/mol. The smallest absolute Gasteiger partial charge is 0.251 e. The van der Waals surface area contributed by atoms with E-state index in [1.165, 1.54) is 33.5 Å². The van der Waals surface area contributed by atoms with E-state index in [4.69, 9.17) is 33.2 Å². The molecular formula is C35H41NO12S. The van der Waals surface area contributed by atoms with Gasteiger partial charge in [-0.3, -0.25) is 4.79 Å². The van der Waals surface area contributed by atoms with Crippen molar-refractivity contribution >= 4 is 18.5 Å². The number of aliphatic hydroxyl groups excluding tert-OH is 3. The minimum absolute atomic E-state index is 0.0460. The van der Waals surface area contributed by atoms with Crippen molar-refractivity contribution in [2.75, 3.05) is 46.8 Å². The van der Waals surface area contributed by atoms with Crippen LogP contribution in [0.4, 0.5) is 0 Å². The Morgan fingerprint density at radius 2 is 1.78 bits per heavy atom. The molecule has 5 N–H and O–H groups in total. The van der Waals surface area contributed by atoms with Crippen LogP contribution in [0.2, 0.25) is 0 Å². The molecule has 9 atom stereocenters. The molecule has 0 aromatic heterocycles. The lowest BCUT2D eigenvalue weighted by Crippen LogP contribution is -2.52. The van der Waals surface area contributed by atoms with E-state index >= 15 is 0 Å². The van der Waals surface area contributed by atoms with Crippen LogP contribution in [0, 0.1) is 5.92 Å². The zero-order chi connectivity index (χ0) is 34.9. The number of methoxy groups -OCH3 is 3. The lowest BCUT2D eigenvalue weighted by Gasteiger charge is -2.40. The lowest BCUT2D eigenvalue weighted by atomic mass is 9.70. The second kappa shape index (κ2) is 14.3. The average molecular weight is 700 g/mol. The molecule has 1 saturated heterocycles. The Morgan fingerprint density at radius 3 is 2.41 bits per heavy atom. The van der Waals surface area contributed by atoms with Crippen LogP contribution in [-0.4, -0.2) is 104 Å². The third-order valence-electron chi connectivity index (χ3n) is 9.49. The second-order valence-electron chi connectivity index (χ2n) is 12.1. The van der Waals surface area contributed by atoms with Crippen LogP contribution in [0.1, 0.15) is 22.6 Å². The van der Waals surface area contributed by atoms with Crippen LogP contribution in [-0.2, 0) is 30.2 Å². The molecule has 2 aliphatic heterocycles. The van der Waals surface area contributed by atoms with Crippen molar-refractivity contribution in [2.24, 2.45) is 5.92 Å². The fraction of sp³-hybridized carbons (Fsp3) is 0.457. The molecule has 14 heteroatoms. The average Bonchev–Trinajstić information content (AvgIpc) is 3.51. The number of thiol groups is 1. The van der Waals surface area contributed by atoms with E-state index in [-0.39, 0.29) is 36.0 Å². The predicted molar refractivity (Wildman–Crippen MR) is 177 cm³/mol. The first kappa shape index (κ1) is 35.2. The van der Waals surface area contributed by atoms with Gasteiger partial charge in [-0.2, -0.15) is 12.6 Å². The van der Waals surface area contributed by atoms with Crippen molar-refractivity contribution in [1.29, 1.82) is 0 Å². The number of fused-ring (bicyclic) bond motifs is 3. The number of carbonyl (C=O) groups is 1. The van der Waals surface area contributed by atoms with Crippen LogP contribution >= 0.6 is 12.6 Å². The number of ether oxygens (including phenoxy) is 7. The van der Waals surface area contributed by atoms with E-state index in [1.807, 2.05) is 30.3 Å². The van der Waals surface area contributed by atoms with Gasteiger partial charge in [0.1, 0.15) is 41.3 Å². The van der Waals surface area contributed by atoms with Gasteiger partial charge in [0.2, 0.25) is 12.2 Å². The largest absolute Gasteiger partial charge is 0.497 e. The topological polar surface area (TPSA) is 175 Å². The van der Waals surface area contributed by atoms with E-state index in [0.717, 1.165) is 0 Å². The van der Waals surface area contributed by atoms with E-state index in [2.05, 4.69) is 17.9 Å². The minimum Gasteiger partial charge on any atom is -0.497 e. The standard InChI is InChI=1S/C35H41NO12S/c1-42-21-11-9-20(10-12-21)35-28(19-7-5-4-6-8-19)27(31(40)36-13-14-49)30(39)34(35,41)29-24(43-2)15-22(16-25(29)48-35)46-33-32(44-3)45-18-26(47-33)23(38)17-37/h4-12,15-16,23,26-28,30,32-33,37-39,41,49H,13-14,17-18H2,1-3H3,(H,36,40)/t23-,26-,27-,28-,30-,32-,33?,34+,35+/m1/s1. The van der Waals surface area contributed by atoms with Gasteiger partial charge in [0.25, 0.3) is 6.29 Å². The summed E-state index contributed by atoms with van der Waals surface area (Å²) in [7, 11) is 4.34. The summed E-state index contributed by atoms with van der Waals surface area (Å²) in [5.41, 5.74) is -2.77. The van der Waals surface area contributed by atoms with Crippen LogP contribution in [0.5, 0.6) is 23.0 Å². The molecule has 1 amide bonds. The molecule has 0 spiro atoms. The summed E-state index contributed by atoms with van der Waals surface area (Å²) in [6, 6.07) is 19.0. The van der Waals surface area contributed by atoms with Gasteiger partial charge in [0.05, 0.1) is 38.9 Å². The van der Waals surface area contributed by atoms with Crippen LogP contribution in [0.25, 0.3) is 0 Å². The van der Waals surface area contributed by atoms with Gasteiger partial charge in [-0.25, -0.2) is 0 Å². The number of hydrogen-bond donors (Lipinski definition) is 6. The Bertz CT molecular complexity index is 1610. The molecule has 1 unspecified atom stereocenters. The normalized spacial score (nSPS) is 30.9. The van der Waals surface area contributed by atoms with Crippen LogP contribution in [0.15, 0.2) is 66.7 Å². The Balaban J connectivity index is 1.52. The first-order valence-corrected chi connectivity index (χ1v) is 16.5. The van der Waals surface area contributed by atoms with Crippen molar-refractivity contribution in [3.8, 4) is 23.0 Å². The number of carbonyl (C=O) groups excluding carboxylic acids is 1. The molecule has 1 saturated carbocycles. The number of hydrogen-bond acceptors (Lipinski definition) is 13. The number of benzene rings is 3. The highest BCUT2D eigenvalue weighted by Gasteiger charge is 2.78. The SMILES string of the molecule is COc1ccc([C@@]23Oc4cc(OC5O[C@@H]([C@H](O)CO)CO[C@H]5OC)cc(OC)c4[C@]2(O)[C@H](O)[C@H](C(=O)NCCS)[C@H]3c2ccccc2)cc1. The number of amides is 1. The summed E-state index contributed by atoms with van der Waals surface area (Å²) in [6.07, 6.45) is -5.99. The van der Waals surface area contributed by atoms with Gasteiger partial charge in [0.15, 0.2) is 11.2 Å². The zero-order valence-corrected chi connectivity index (χ0v) is 28.1. The number of aliphatic hydroxyl groups is 4. The molecule has 1 aliphatic carbocycles. The van der Waals surface area contributed by atoms with Gasteiger partial charge in [-0.15, -0.1) is 0 Å². The number of nitrogens with one attached hydrogen (secondary N) is 1. The summed E-state index contributed by atoms with van der Waals surface area (Å²) < 4.78 is 41.3. The van der Waals surface area contributed by atoms with Gasteiger partial charge in [-0.05, 0) is 23.3 Å². The summed E-state index contributed by atoms with van der Waals surface area (Å²) in [5.74, 6) is -1.26. The second-order valence-corrected chi connectivity index (χ2v) is 12.5. The van der Waals surface area contributed by atoms with Gasteiger partial charge in [-0.1, -0.05) is 42.5 Å². The number of rotatable bonds is 12. The van der Waals surface area contributed by atoms with E-state index < -0.39 is 66.4 Å². The van der Waals surface area contributed by atoms with Gasteiger partial charge < -0.3 is 58.9 Å². The summed E-state index contributed by atoms with van der Waals surface area (Å²) in [6.45, 7) is -0.354. The lowest BCUT2D eigenvalue weighted by molar-refractivity contribution is -0.324. The summed E-state index contributed by atoms with van der Waals surface area (Å²) in [4.78, 5) is 13.9. The van der Waals surface area contributed by atoms with Crippen molar-refractivity contribution in [2.45, 2.75) is 48.0 Å². The molecule has 0 radical (unpaired) electrons. The first-order chi connectivity index (χ1) is 23.7. The van der Waals surface area contributed by atoms with Gasteiger partial charge in [0, 0.05) is 37.5 Å². The third kappa shape index (κ3) is 5.79. The van der Waals surface area contributed by atoms with Crippen molar-refractivity contribution in [1.82, 2.24) is 5.32 Å². The molecule has 3 aliphatic rings. The van der Waals surface area contributed by atoms with Crippen molar-refractivity contribution in [3.05, 3.63) is 83.4 Å². The Labute approximate surface area is 289 Å². The molecule has 264 valence electrons. The van der Waals surface area contributed by atoms with Gasteiger partial charge >= 0.3 is 0 Å². The zero-order valence-electron chi connectivity index (χ0n) is 27.2. The van der Waals surface area contributed by atoms with Crippen molar-refractivity contribution < 1.29 is 58.4 Å². The highest BCUT2D eigenvalue weighted by atomic mass is 32.1. The highest BCUT2D eigenvalue weighted by Crippen LogP contribution is 2.70.